The molecule has 1 aromatic rings. The minimum absolute atomic E-state index is 0.0537. The van der Waals surface area contributed by atoms with Crippen molar-refractivity contribution in [1.82, 2.24) is 9.97 Å². The molecule has 0 bridgehead atoms. The predicted molar refractivity (Wildman–Crippen MR) is 68.4 cm³/mol. The number of rotatable bonds is 4. The van der Waals surface area contributed by atoms with Gasteiger partial charge < -0.3 is 4.74 Å². The summed E-state index contributed by atoms with van der Waals surface area (Å²) in [6.45, 7) is 0.603. The van der Waals surface area contributed by atoms with Crippen molar-refractivity contribution in [1.29, 1.82) is 0 Å². The number of hydrogen-bond donors (Lipinski definition) is 1. The van der Waals surface area contributed by atoms with Gasteiger partial charge >= 0.3 is 0 Å². The summed E-state index contributed by atoms with van der Waals surface area (Å²) >= 11 is 11.2. The lowest BCUT2D eigenvalue weighted by Crippen LogP contribution is -2.26. The predicted octanol–water partition coefficient (Wildman–Crippen LogP) is 1.70. The van der Waals surface area contributed by atoms with E-state index in [2.05, 4.69) is 14.7 Å². The Kier molecular flexibility index (Phi) is 4.26. The lowest BCUT2D eigenvalue weighted by atomic mass is 10.3. The number of nitrogens with zero attached hydrogens (tertiary/aromatic N) is 2. The molecule has 0 amide bonds. The molecule has 1 N–H and O–H groups in total. The minimum atomic E-state index is -3.53. The average molecular weight is 312 g/mol. The molecular weight excluding hydrogens is 301 g/mol. The largest absolute Gasteiger partial charge is 0.377 e. The number of nitrogens with one attached hydrogen (secondary N) is 1. The van der Waals surface area contributed by atoms with Gasteiger partial charge in [0.25, 0.3) is 0 Å². The lowest BCUT2D eigenvalue weighted by molar-refractivity contribution is 0.127. The normalized spacial score (nSPS) is 20.0. The number of anilines is 1. The SMILES string of the molecule is O=S(=O)(CC1CCCO1)Nc1cc(Cl)nc(Cl)n1. The van der Waals surface area contributed by atoms with Crippen LogP contribution in [0.15, 0.2) is 6.07 Å². The van der Waals surface area contributed by atoms with Crippen LogP contribution in [-0.4, -0.2) is 36.8 Å². The van der Waals surface area contributed by atoms with Gasteiger partial charge in [-0.15, -0.1) is 0 Å². The maximum absolute atomic E-state index is 11.8. The van der Waals surface area contributed by atoms with E-state index in [9.17, 15) is 8.42 Å². The van der Waals surface area contributed by atoms with Gasteiger partial charge in [0.05, 0.1) is 11.9 Å². The van der Waals surface area contributed by atoms with Gasteiger partial charge in [-0.3, -0.25) is 4.72 Å². The van der Waals surface area contributed by atoms with Crippen LogP contribution < -0.4 is 4.72 Å². The second kappa shape index (κ2) is 5.56. The fraction of sp³-hybridized carbons (Fsp3) is 0.556. The number of ether oxygens (including phenoxy) is 1. The second-order valence-electron chi connectivity index (χ2n) is 3.86. The van der Waals surface area contributed by atoms with Crippen molar-refractivity contribution in [3.05, 3.63) is 16.5 Å². The van der Waals surface area contributed by atoms with Crippen LogP contribution in [0.4, 0.5) is 5.82 Å². The molecule has 9 heteroatoms. The van der Waals surface area contributed by atoms with E-state index in [1.165, 1.54) is 6.07 Å². The Balaban J connectivity index is 2.06. The van der Waals surface area contributed by atoms with E-state index < -0.39 is 10.0 Å². The summed E-state index contributed by atoms with van der Waals surface area (Å²) in [4.78, 5) is 7.36. The van der Waals surface area contributed by atoms with Crippen molar-refractivity contribution in [3.8, 4) is 0 Å². The zero-order valence-corrected chi connectivity index (χ0v) is 11.6. The van der Waals surface area contributed by atoms with Crippen molar-refractivity contribution < 1.29 is 13.2 Å². The highest BCUT2D eigenvalue weighted by Crippen LogP contribution is 2.18. The molecule has 1 saturated heterocycles. The molecule has 1 aromatic heterocycles. The molecule has 2 rings (SSSR count). The van der Waals surface area contributed by atoms with Crippen molar-refractivity contribution >= 4 is 39.0 Å². The third-order valence-electron chi connectivity index (χ3n) is 2.36. The summed E-state index contributed by atoms with van der Waals surface area (Å²) in [5, 5.41) is -0.0397. The molecule has 1 unspecified atom stereocenters. The van der Waals surface area contributed by atoms with Gasteiger partial charge in [0.1, 0.15) is 11.0 Å². The molecule has 1 atom stereocenters. The van der Waals surface area contributed by atoms with Crippen molar-refractivity contribution in [3.63, 3.8) is 0 Å². The van der Waals surface area contributed by atoms with Crippen LogP contribution in [0.25, 0.3) is 0 Å². The van der Waals surface area contributed by atoms with E-state index >= 15 is 0 Å². The van der Waals surface area contributed by atoms with E-state index in [0.29, 0.717) is 6.61 Å². The number of sulfonamides is 1. The maximum atomic E-state index is 11.8. The first-order valence-electron chi connectivity index (χ1n) is 5.27. The molecule has 1 aliphatic heterocycles. The summed E-state index contributed by atoms with van der Waals surface area (Å²) in [6, 6.07) is 1.29. The fourth-order valence-corrected chi connectivity index (χ4v) is 3.33. The molecule has 0 radical (unpaired) electrons. The van der Waals surface area contributed by atoms with Crippen LogP contribution in [0.1, 0.15) is 12.8 Å². The first-order valence-corrected chi connectivity index (χ1v) is 7.67. The van der Waals surface area contributed by atoms with Gasteiger partial charge in [0.2, 0.25) is 15.3 Å². The van der Waals surface area contributed by atoms with E-state index in [4.69, 9.17) is 27.9 Å². The highest BCUT2D eigenvalue weighted by atomic mass is 35.5. The van der Waals surface area contributed by atoms with E-state index in [1.807, 2.05) is 0 Å². The molecule has 0 aliphatic carbocycles. The van der Waals surface area contributed by atoms with Gasteiger partial charge in [-0.2, -0.15) is 4.98 Å². The lowest BCUT2D eigenvalue weighted by Gasteiger charge is -2.11. The topological polar surface area (TPSA) is 81.2 Å². The Morgan fingerprint density at radius 3 is 2.83 bits per heavy atom. The molecule has 1 fully saturated rings. The van der Waals surface area contributed by atoms with Gasteiger partial charge in [0, 0.05) is 12.7 Å². The van der Waals surface area contributed by atoms with E-state index in [-0.39, 0.29) is 28.1 Å². The van der Waals surface area contributed by atoms with Crippen LogP contribution >= 0.6 is 23.2 Å². The second-order valence-corrected chi connectivity index (χ2v) is 6.36. The quantitative estimate of drug-likeness (QED) is 0.676. The van der Waals surface area contributed by atoms with Crippen LogP contribution in [0.3, 0.4) is 0 Å². The van der Waals surface area contributed by atoms with Crippen LogP contribution in [0, 0.1) is 0 Å². The summed E-state index contributed by atoms with van der Waals surface area (Å²) in [5.41, 5.74) is 0. The van der Waals surface area contributed by atoms with Gasteiger partial charge in [-0.1, -0.05) is 11.6 Å². The average Bonchev–Trinajstić information content (AvgIpc) is 2.66. The third-order valence-corrected chi connectivity index (χ3v) is 4.05. The number of hydrogen-bond acceptors (Lipinski definition) is 5. The van der Waals surface area contributed by atoms with Gasteiger partial charge in [-0.05, 0) is 24.4 Å². The Bertz CT molecular complexity index is 512. The summed E-state index contributed by atoms with van der Waals surface area (Å²) in [5.74, 6) is -0.0512. The molecule has 0 aromatic carbocycles. The van der Waals surface area contributed by atoms with E-state index in [1.54, 1.807) is 0 Å². The summed E-state index contributed by atoms with van der Waals surface area (Å²) in [6.07, 6.45) is 1.35. The highest BCUT2D eigenvalue weighted by molar-refractivity contribution is 7.92. The molecule has 100 valence electrons. The molecule has 6 nitrogen and oxygen atoms in total. The van der Waals surface area contributed by atoms with Gasteiger partial charge in [0.15, 0.2) is 0 Å². The van der Waals surface area contributed by atoms with E-state index in [0.717, 1.165) is 12.8 Å². The van der Waals surface area contributed by atoms with Crippen molar-refractivity contribution in [2.75, 3.05) is 17.1 Å². The third kappa shape index (κ3) is 3.94. The maximum Gasteiger partial charge on any atom is 0.236 e. The first kappa shape index (κ1) is 13.8. The Morgan fingerprint density at radius 2 is 2.22 bits per heavy atom. The molecule has 0 saturated carbocycles. The van der Waals surface area contributed by atoms with Crippen LogP contribution in [-0.2, 0) is 14.8 Å². The van der Waals surface area contributed by atoms with Crippen LogP contribution in [0.5, 0.6) is 0 Å². The zero-order chi connectivity index (χ0) is 13.2. The van der Waals surface area contributed by atoms with Crippen molar-refractivity contribution in [2.24, 2.45) is 0 Å². The minimum Gasteiger partial charge on any atom is -0.377 e. The Morgan fingerprint density at radius 1 is 1.44 bits per heavy atom. The number of aromatic nitrogens is 2. The zero-order valence-electron chi connectivity index (χ0n) is 9.27. The van der Waals surface area contributed by atoms with Crippen LogP contribution in [0.2, 0.25) is 10.4 Å². The summed E-state index contributed by atoms with van der Waals surface area (Å²) < 4.78 is 31.3. The molecule has 1 aliphatic rings. The highest BCUT2D eigenvalue weighted by Gasteiger charge is 2.23. The molecular formula is C9H11Cl2N3O3S. The summed E-state index contributed by atoms with van der Waals surface area (Å²) in [7, 11) is -3.53. The first-order chi connectivity index (χ1) is 8.44. The Hall–Kier alpha value is -0.630. The molecule has 2 heterocycles. The fourth-order valence-electron chi connectivity index (χ4n) is 1.66. The van der Waals surface area contributed by atoms with Gasteiger partial charge in [-0.25, -0.2) is 13.4 Å². The molecule has 18 heavy (non-hydrogen) atoms. The smallest absolute Gasteiger partial charge is 0.236 e. The molecule has 0 spiro atoms. The standard InChI is InChI=1S/C9H11Cl2N3O3S/c10-7-4-8(13-9(11)12-7)14-18(15,16)5-6-2-1-3-17-6/h4,6H,1-3,5H2,(H,12,13,14). The number of halogens is 2. The Labute approximate surface area is 115 Å². The van der Waals surface area contributed by atoms with Crippen molar-refractivity contribution in [2.45, 2.75) is 18.9 Å². The monoisotopic (exact) mass is 311 g/mol.